The summed E-state index contributed by atoms with van der Waals surface area (Å²) in [4.78, 5) is 32.5. The lowest BCUT2D eigenvalue weighted by Crippen LogP contribution is -2.34. The average Bonchev–Trinajstić information content (AvgIpc) is 3.18. The highest BCUT2D eigenvalue weighted by Crippen LogP contribution is 2.37. The van der Waals surface area contributed by atoms with Gasteiger partial charge in [-0.1, -0.05) is 6.92 Å². The van der Waals surface area contributed by atoms with Gasteiger partial charge in [-0.3, -0.25) is 14.2 Å². The number of halogens is 1. The lowest BCUT2D eigenvalue weighted by atomic mass is 9.89. The molecule has 0 saturated heterocycles. The highest BCUT2D eigenvalue weighted by atomic mass is 79.9. The summed E-state index contributed by atoms with van der Waals surface area (Å²) in [7, 11) is 1.56. The summed E-state index contributed by atoms with van der Waals surface area (Å²) < 4.78 is 13.1. The van der Waals surface area contributed by atoms with E-state index in [1.807, 2.05) is 13.0 Å². The maximum atomic E-state index is 13.3. The Hall–Kier alpha value is -2.72. The lowest BCUT2D eigenvalue weighted by Gasteiger charge is -2.18. The summed E-state index contributed by atoms with van der Waals surface area (Å²) in [6.45, 7) is 6.29. The van der Waals surface area contributed by atoms with Crippen LogP contribution in [-0.2, 0) is 17.6 Å². The quantitative estimate of drug-likeness (QED) is 0.348. The minimum Gasteiger partial charge on any atom is -0.493 e. The summed E-state index contributed by atoms with van der Waals surface area (Å²) >= 11 is 5.06. The molecule has 8 nitrogen and oxygen atoms in total. The van der Waals surface area contributed by atoms with Crippen molar-refractivity contribution in [2.24, 2.45) is 11.0 Å². The number of hydrazone groups is 1. The van der Waals surface area contributed by atoms with Crippen LogP contribution in [0.25, 0.3) is 10.2 Å². The normalized spacial score (nSPS) is 16.4. The number of hydrogen-bond acceptors (Lipinski definition) is 7. The molecule has 0 radical (unpaired) electrons. The molecular weight excluding hydrogens is 520 g/mol. The maximum Gasteiger partial charge on any atom is 0.263 e. The van der Waals surface area contributed by atoms with Gasteiger partial charge in [0.05, 0.1) is 36.1 Å². The fourth-order valence-corrected chi connectivity index (χ4v) is 6.02. The third-order valence-corrected chi connectivity index (χ3v) is 7.72. The molecule has 1 aliphatic rings. The number of carbonyl (C=O) groups excluding carboxylic acids is 1. The number of aromatic nitrogens is 2. The van der Waals surface area contributed by atoms with Crippen LogP contribution in [-0.4, -0.2) is 35.4 Å². The van der Waals surface area contributed by atoms with Gasteiger partial charge in [0, 0.05) is 4.88 Å². The zero-order valence-electron chi connectivity index (χ0n) is 19.6. The van der Waals surface area contributed by atoms with Crippen LogP contribution in [0.3, 0.4) is 0 Å². The number of rotatable bonds is 7. The first kappa shape index (κ1) is 24.4. The summed E-state index contributed by atoms with van der Waals surface area (Å²) in [5.41, 5.74) is 4.15. The second kappa shape index (κ2) is 10.3. The molecule has 0 bridgehead atoms. The molecule has 2 atom stereocenters. The number of ether oxygens (including phenoxy) is 2. The Morgan fingerprint density at radius 1 is 1.47 bits per heavy atom. The summed E-state index contributed by atoms with van der Waals surface area (Å²) in [6, 6.07) is 2.81. The number of nitrogens with zero attached hydrogens (tertiary/aromatic N) is 3. The van der Waals surface area contributed by atoms with Gasteiger partial charge >= 0.3 is 0 Å². The molecule has 34 heavy (non-hydrogen) atoms. The first-order valence-corrected chi connectivity index (χ1v) is 12.8. The number of benzene rings is 1. The molecule has 0 saturated carbocycles. The number of carbonyl (C=O) groups is 1. The predicted molar refractivity (Wildman–Crippen MR) is 137 cm³/mol. The number of methoxy groups -OCH3 is 1. The maximum absolute atomic E-state index is 13.3. The van der Waals surface area contributed by atoms with Crippen molar-refractivity contribution in [3.63, 3.8) is 0 Å². The Balaban J connectivity index is 1.52. The van der Waals surface area contributed by atoms with Crippen LogP contribution >= 0.6 is 27.3 Å². The van der Waals surface area contributed by atoms with Gasteiger partial charge in [-0.15, -0.1) is 11.3 Å². The molecule has 10 heteroatoms. The molecule has 180 valence electrons. The van der Waals surface area contributed by atoms with Crippen molar-refractivity contribution in [2.45, 2.75) is 46.1 Å². The van der Waals surface area contributed by atoms with E-state index in [0.29, 0.717) is 39.4 Å². The first-order valence-electron chi connectivity index (χ1n) is 11.2. The van der Waals surface area contributed by atoms with Gasteiger partial charge in [-0.05, 0) is 78.2 Å². The Morgan fingerprint density at radius 2 is 2.26 bits per heavy atom. The lowest BCUT2D eigenvalue weighted by molar-refractivity contribution is -0.123. The van der Waals surface area contributed by atoms with Gasteiger partial charge in [-0.25, -0.2) is 10.4 Å². The van der Waals surface area contributed by atoms with Crippen LogP contribution in [0.5, 0.6) is 11.5 Å². The monoisotopic (exact) mass is 546 g/mol. The van der Waals surface area contributed by atoms with Crippen LogP contribution < -0.4 is 20.5 Å². The van der Waals surface area contributed by atoms with E-state index in [0.717, 1.165) is 29.7 Å². The molecule has 4 rings (SSSR count). The topological polar surface area (TPSA) is 94.8 Å². The molecule has 1 amide bonds. The fraction of sp³-hybridized carbons (Fsp3) is 0.417. The molecule has 3 aromatic rings. The third-order valence-electron chi connectivity index (χ3n) is 5.97. The van der Waals surface area contributed by atoms with Gasteiger partial charge < -0.3 is 9.47 Å². The van der Waals surface area contributed by atoms with E-state index in [9.17, 15) is 9.59 Å². The smallest absolute Gasteiger partial charge is 0.263 e. The number of amides is 1. The molecule has 1 N–H and O–H groups in total. The minimum atomic E-state index is -0.763. The van der Waals surface area contributed by atoms with Gasteiger partial charge in [0.2, 0.25) is 0 Å². The van der Waals surface area contributed by atoms with Gasteiger partial charge in [0.25, 0.3) is 11.5 Å². The molecular formula is C24H27BrN4O4S. The molecule has 0 unspecified atom stereocenters. The summed E-state index contributed by atoms with van der Waals surface area (Å²) in [5, 5.41) is 4.72. The van der Waals surface area contributed by atoms with E-state index in [1.165, 1.54) is 22.0 Å². The van der Waals surface area contributed by atoms with Crippen molar-refractivity contribution in [1.82, 2.24) is 15.0 Å². The second-order valence-electron chi connectivity index (χ2n) is 8.37. The largest absolute Gasteiger partial charge is 0.493 e. The first-order chi connectivity index (χ1) is 16.3. The van der Waals surface area contributed by atoms with E-state index < -0.39 is 11.9 Å². The average molecular weight is 547 g/mol. The number of nitrogens with one attached hydrogen (secondary N) is 1. The standard InChI is InChI=1S/C24H27BrN4O4S/c1-5-33-21-17(25)9-15(10-18(21)32-4)11-27-28-22(30)14(3)29-12-26-23-20(24(29)31)16-7-6-13(2)8-19(16)34-23/h9-14H,5-8H2,1-4H3,(H,28,30)/b27-11-/t13-,14+/m0/s1. The minimum absolute atomic E-state index is 0.177. The Bertz CT molecular complexity index is 1320. The highest BCUT2D eigenvalue weighted by Gasteiger charge is 2.25. The van der Waals surface area contributed by atoms with Crippen molar-refractivity contribution < 1.29 is 14.3 Å². The van der Waals surface area contributed by atoms with Gasteiger partial charge in [-0.2, -0.15) is 5.10 Å². The summed E-state index contributed by atoms with van der Waals surface area (Å²) in [6.07, 6.45) is 5.88. The Kier molecular flexibility index (Phi) is 7.37. The van der Waals surface area contributed by atoms with Crippen molar-refractivity contribution in [1.29, 1.82) is 0 Å². The molecule has 0 aliphatic heterocycles. The zero-order chi connectivity index (χ0) is 24.4. The van der Waals surface area contributed by atoms with E-state index >= 15 is 0 Å². The molecule has 1 aromatic carbocycles. The Morgan fingerprint density at radius 3 is 3.00 bits per heavy atom. The van der Waals surface area contributed by atoms with Gasteiger partial charge in [0.1, 0.15) is 10.9 Å². The molecule has 2 aromatic heterocycles. The molecule has 2 heterocycles. The fourth-order valence-electron chi connectivity index (χ4n) is 4.11. The Labute approximate surface area is 210 Å². The van der Waals surface area contributed by atoms with Crippen LogP contribution in [0.1, 0.15) is 49.2 Å². The van der Waals surface area contributed by atoms with Crippen molar-refractivity contribution >= 4 is 49.6 Å². The number of aryl methyl sites for hydroxylation is 1. The number of hydrogen-bond donors (Lipinski definition) is 1. The number of thiophene rings is 1. The summed E-state index contributed by atoms with van der Waals surface area (Å²) in [5.74, 6) is 1.36. The number of fused-ring (bicyclic) bond motifs is 3. The third kappa shape index (κ3) is 4.74. The van der Waals surface area contributed by atoms with Crippen LogP contribution in [0.15, 0.2) is 32.8 Å². The second-order valence-corrected chi connectivity index (χ2v) is 10.3. The predicted octanol–water partition coefficient (Wildman–Crippen LogP) is 4.46. The van der Waals surface area contributed by atoms with Crippen LogP contribution in [0.2, 0.25) is 0 Å². The zero-order valence-corrected chi connectivity index (χ0v) is 22.0. The van der Waals surface area contributed by atoms with Crippen LogP contribution in [0, 0.1) is 5.92 Å². The highest BCUT2D eigenvalue weighted by molar-refractivity contribution is 9.10. The van der Waals surface area contributed by atoms with E-state index in [2.05, 4.69) is 38.4 Å². The van der Waals surface area contributed by atoms with Crippen LogP contribution in [0.4, 0.5) is 0 Å². The van der Waals surface area contributed by atoms with Crippen molar-refractivity contribution in [2.75, 3.05) is 13.7 Å². The van der Waals surface area contributed by atoms with E-state index in [4.69, 9.17) is 9.47 Å². The SMILES string of the molecule is CCOc1c(Br)cc(/C=N\NC(=O)[C@@H](C)n2cnc3sc4c(c3c2=O)CC[C@H](C)C4)cc1OC. The van der Waals surface area contributed by atoms with Crippen molar-refractivity contribution in [3.8, 4) is 11.5 Å². The van der Waals surface area contributed by atoms with Crippen molar-refractivity contribution in [3.05, 3.63) is 49.3 Å². The molecule has 1 aliphatic carbocycles. The van der Waals surface area contributed by atoms with E-state index in [1.54, 1.807) is 31.4 Å². The molecule has 0 fully saturated rings. The molecule has 0 spiro atoms. The van der Waals surface area contributed by atoms with Gasteiger partial charge in [0.15, 0.2) is 11.5 Å². The van der Waals surface area contributed by atoms with E-state index in [-0.39, 0.29) is 5.56 Å².